The molecular formula is C20H34N4O6S. The topological polar surface area (TPSA) is 169 Å². The van der Waals surface area contributed by atoms with Crippen molar-refractivity contribution >= 4 is 22.0 Å². The Bertz CT molecular complexity index is 809. The highest BCUT2D eigenvalue weighted by Crippen LogP contribution is 2.22. The molecule has 0 amide bonds. The van der Waals surface area contributed by atoms with Gasteiger partial charge in [0.15, 0.2) is 5.96 Å². The number of carbonyl (C=O) groups is 1. The number of aliphatic carboxylic acids is 1. The molecule has 0 saturated heterocycles. The van der Waals surface area contributed by atoms with Gasteiger partial charge in [0.05, 0.1) is 17.6 Å². The Morgan fingerprint density at radius 2 is 1.87 bits per heavy atom. The number of aliphatic hydroxyl groups excluding tert-OH is 1. The van der Waals surface area contributed by atoms with E-state index in [0.717, 1.165) is 22.7 Å². The molecule has 31 heavy (non-hydrogen) atoms. The summed E-state index contributed by atoms with van der Waals surface area (Å²) in [7, 11) is -4.19. The quantitative estimate of drug-likeness (QED) is 0.169. The van der Waals surface area contributed by atoms with Crippen LogP contribution in [0.3, 0.4) is 0 Å². The van der Waals surface area contributed by atoms with Crippen LogP contribution in [0.25, 0.3) is 0 Å². The Balaban J connectivity index is 3.12. The number of guanidine groups is 1. The number of hydrogen-bond acceptors (Lipinski definition) is 6. The molecule has 0 aliphatic heterocycles. The second-order valence-corrected chi connectivity index (χ2v) is 9.16. The average Bonchev–Trinajstić information content (AvgIpc) is 2.69. The number of sulfonamides is 1. The van der Waals surface area contributed by atoms with Gasteiger partial charge in [-0.25, -0.2) is 8.42 Å². The Morgan fingerprint density at radius 3 is 2.42 bits per heavy atom. The van der Waals surface area contributed by atoms with Gasteiger partial charge < -0.3 is 26.4 Å². The van der Waals surface area contributed by atoms with Gasteiger partial charge in [0.2, 0.25) is 10.0 Å². The van der Waals surface area contributed by atoms with Crippen molar-refractivity contribution in [2.24, 2.45) is 16.5 Å². The van der Waals surface area contributed by atoms with Crippen LogP contribution in [0.2, 0.25) is 0 Å². The van der Waals surface area contributed by atoms with Crippen LogP contribution in [-0.4, -0.2) is 73.3 Å². The minimum absolute atomic E-state index is 0.0272. The molecule has 176 valence electrons. The SMILES string of the molecule is CCCCOCC(O)CN(C(CCCN=C(N)N)C(=O)O)S(=O)(=O)c1ccc(C)cc1. The maximum atomic E-state index is 13.3. The molecule has 2 atom stereocenters. The van der Waals surface area contributed by atoms with Gasteiger partial charge in [-0.05, 0) is 38.3 Å². The summed E-state index contributed by atoms with van der Waals surface area (Å²) in [4.78, 5) is 15.7. The molecule has 6 N–H and O–H groups in total. The van der Waals surface area contributed by atoms with Gasteiger partial charge in [-0.1, -0.05) is 31.0 Å². The first-order valence-corrected chi connectivity index (χ1v) is 11.7. The van der Waals surface area contributed by atoms with E-state index in [-0.39, 0.29) is 36.8 Å². The molecule has 0 aliphatic carbocycles. The smallest absolute Gasteiger partial charge is 0.322 e. The van der Waals surface area contributed by atoms with Crippen molar-refractivity contribution in [2.75, 3.05) is 26.3 Å². The van der Waals surface area contributed by atoms with Gasteiger partial charge >= 0.3 is 5.97 Å². The monoisotopic (exact) mass is 458 g/mol. The Morgan fingerprint density at radius 1 is 1.23 bits per heavy atom. The Kier molecular flexibility index (Phi) is 11.5. The molecule has 1 rings (SSSR count). The molecule has 0 fully saturated rings. The standard InChI is InChI=1S/C20H34N4O6S/c1-3-4-12-30-14-16(25)13-24(18(19(26)27)6-5-11-23-20(21)22)31(28,29)17-9-7-15(2)8-10-17/h7-10,16,18,25H,3-6,11-14H2,1-2H3,(H,26,27)(H4,21,22,23). The first-order chi connectivity index (χ1) is 14.6. The first kappa shape index (κ1) is 26.8. The van der Waals surface area contributed by atoms with Crippen LogP contribution in [0.15, 0.2) is 34.2 Å². The molecule has 0 saturated carbocycles. The lowest BCUT2D eigenvalue weighted by Gasteiger charge is -2.30. The van der Waals surface area contributed by atoms with Crippen molar-refractivity contribution in [3.8, 4) is 0 Å². The number of ether oxygens (including phenoxy) is 1. The summed E-state index contributed by atoms with van der Waals surface area (Å²) in [5, 5.41) is 20.1. The number of hydrogen-bond donors (Lipinski definition) is 4. The third-order valence-electron chi connectivity index (χ3n) is 4.53. The van der Waals surface area contributed by atoms with Gasteiger partial charge in [-0.15, -0.1) is 0 Å². The van der Waals surface area contributed by atoms with Crippen molar-refractivity contribution in [1.29, 1.82) is 0 Å². The molecule has 10 nitrogen and oxygen atoms in total. The van der Waals surface area contributed by atoms with Crippen LogP contribution in [0.4, 0.5) is 0 Å². The van der Waals surface area contributed by atoms with Crippen molar-refractivity contribution in [1.82, 2.24) is 4.31 Å². The third-order valence-corrected chi connectivity index (χ3v) is 6.42. The van der Waals surface area contributed by atoms with E-state index in [1.54, 1.807) is 12.1 Å². The summed E-state index contributed by atoms with van der Waals surface area (Å²) in [5.74, 6) is -1.45. The van der Waals surface area contributed by atoms with Crippen LogP contribution in [0.5, 0.6) is 0 Å². The highest BCUT2D eigenvalue weighted by Gasteiger charge is 2.37. The van der Waals surface area contributed by atoms with Crippen molar-refractivity contribution in [2.45, 2.75) is 56.6 Å². The van der Waals surface area contributed by atoms with Gasteiger partial charge in [-0.3, -0.25) is 9.79 Å². The van der Waals surface area contributed by atoms with Crippen molar-refractivity contribution in [3.63, 3.8) is 0 Å². The summed E-state index contributed by atoms with van der Waals surface area (Å²) in [6, 6.07) is 4.69. The van der Waals surface area contributed by atoms with Crippen LogP contribution < -0.4 is 11.5 Å². The highest BCUT2D eigenvalue weighted by atomic mass is 32.2. The van der Waals surface area contributed by atoms with Crippen LogP contribution in [0, 0.1) is 6.92 Å². The summed E-state index contributed by atoms with van der Waals surface area (Å²) < 4.78 is 32.8. The van der Waals surface area contributed by atoms with E-state index in [4.69, 9.17) is 16.2 Å². The first-order valence-electron chi connectivity index (χ1n) is 10.2. The average molecular weight is 459 g/mol. The number of unbranched alkanes of at least 4 members (excludes halogenated alkanes) is 1. The molecule has 0 spiro atoms. The molecule has 0 heterocycles. The lowest BCUT2D eigenvalue weighted by atomic mass is 10.1. The van der Waals surface area contributed by atoms with Crippen molar-refractivity contribution < 1.29 is 28.2 Å². The number of nitrogens with two attached hydrogens (primary N) is 2. The molecular weight excluding hydrogens is 424 g/mol. The molecule has 0 bridgehead atoms. The molecule has 0 aromatic heterocycles. The normalized spacial score (nSPS) is 13.7. The minimum Gasteiger partial charge on any atom is -0.480 e. The van der Waals surface area contributed by atoms with E-state index >= 15 is 0 Å². The number of benzene rings is 1. The predicted molar refractivity (Wildman–Crippen MR) is 118 cm³/mol. The Labute approximate surface area is 183 Å². The van der Waals surface area contributed by atoms with E-state index in [1.165, 1.54) is 12.1 Å². The third kappa shape index (κ3) is 9.21. The highest BCUT2D eigenvalue weighted by molar-refractivity contribution is 7.89. The Hall–Kier alpha value is -2.21. The van der Waals surface area contributed by atoms with E-state index in [9.17, 15) is 23.4 Å². The largest absolute Gasteiger partial charge is 0.480 e. The molecule has 2 unspecified atom stereocenters. The van der Waals surface area contributed by atoms with Crippen molar-refractivity contribution in [3.05, 3.63) is 29.8 Å². The van der Waals surface area contributed by atoms with Crippen LogP contribution in [0.1, 0.15) is 38.2 Å². The number of aliphatic imine (C=N–C) groups is 1. The molecule has 11 heteroatoms. The van der Waals surface area contributed by atoms with Gasteiger partial charge in [-0.2, -0.15) is 4.31 Å². The van der Waals surface area contributed by atoms with E-state index in [1.807, 2.05) is 13.8 Å². The number of rotatable bonds is 15. The number of nitrogens with zero attached hydrogens (tertiary/aromatic N) is 2. The molecule has 0 radical (unpaired) electrons. The second kappa shape index (κ2) is 13.3. The lowest BCUT2D eigenvalue weighted by Crippen LogP contribution is -2.49. The minimum atomic E-state index is -4.19. The molecule has 0 aliphatic rings. The maximum absolute atomic E-state index is 13.3. The fourth-order valence-corrected chi connectivity index (χ4v) is 4.50. The number of carboxylic acids is 1. The van der Waals surface area contributed by atoms with Gasteiger partial charge in [0, 0.05) is 19.7 Å². The van der Waals surface area contributed by atoms with E-state index < -0.39 is 34.7 Å². The predicted octanol–water partition coefficient (Wildman–Crippen LogP) is 0.670. The summed E-state index contributed by atoms with van der Waals surface area (Å²) in [6.07, 6.45) is 0.761. The zero-order chi connectivity index (χ0) is 23.4. The number of aryl methyl sites for hydroxylation is 1. The zero-order valence-electron chi connectivity index (χ0n) is 18.1. The molecule has 1 aromatic carbocycles. The summed E-state index contributed by atoms with van der Waals surface area (Å²) >= 11 is 0. The summed E-state index contributed by atoms with van der Waals surface area (Å²) in [5.41, 5.74) is 11.4. The van der Waals surface area contributed by atoms with E-state index in [2.05, 4.69) is 4.99 Å². The lowest BCUT2D eigenvalue weighted by molar-refractivity contribution is -0.142. The molecule has 1 aromatic rings. The van der Waals surface area contributed by atoms with E-state index in [0.29, 0.717) is 6.61 Å². The van der Waals surface area contributed by atoms with Crippen LogP contribution in [-0.2, 0) is 19.6 Å². The summed E-state index contributed by atoms with van der Waals surface area (Å²) in [6.45, 7) is 3.89. The fourth-order valence-electron chi connectivity index (χ4n) is 2.85. The second-order valence-electron chi connectivity index (χ2n) is 7.27. The van der Waals surface area contributed by atoms with Crippen LogP contribution >= 0.6 is 0 Å². The number of aliphatic hydroxyl groups is 1. The zero-order valence-corrected chi connectivity index (χ0v) is 18.9. The maximum Gasteiger partial charge on any atom is 0.322 e. The van der Waals surface area contributed by atoms with Gasteiger partial charge in [0.1, 0.15) is 6.04 Å². The fraction of sp³-hybridized carbons (Fsp3) is 0.600. The van der Waals surface area contributed by atoms with Gasteiger partial charge in [0.25, 0.3) is 0 Å². The number of carboxylic acid groups (broad SMARTS) is 1.